The van der Waals surface area contributed by atoms with Gasteiger partial charge in [0.25, 0.3) is 0 Å². The van der Waals surface area contributed by atoms with E-state index in [0.717, 1.165) is 23.0 Å². The topological polar surface area (TPSA) is 98.8 Å². The number of nitrogens with one attached hydrogen (secondary N) is 1. The molecule has 0 radical (unpaired) electrons. The number of rotatable bonds is 7. The molecule has 7 nitrogen and oxygen atoms in total. The van der Waals surface area contributed by atoms with E-state index in [1.165, 1.54) is 6.08 Å². The van der Waals surface area contributed by atoms with Gasteiger partial charge in [0, 0.05) is 11.6 Å². The number of hydrogen-bond donors (Lipinski definition) is 1. The van der Waals surface area contributed by atoms with Crippen molar-refractivity contribution in [2.45, 2.75) is 19.3 Å². The van der Waals surface area contributed by atoms with E-state index in [-0.39, 0.29) is 18.3 Å². The maximum Gasteiger partial charge on any atom is 0.317 e. The fourth-order valence-corrected chi connectivity index (χ4v) is 4.28. The number of hydrogen-bond acceptors (Lipinski definition) is 6. The largest absolute Gasteiger partial charge is 0.497 e. The highest BCUT2D eigenvalue weighted by atomic mass is 32.2. The van der Waals surface area contributed by atoms with Crippen molar-refractivity contribution in [2.75, 3.05) is 24.7 Å². The zero-order valence-corrected chi connectivity index (χ0v) is 18.4. The summed E-state index contributed by atoms with van der Waals surface area (Å²) < 4.78 is 35.6. The zero-order chi connectivity index (χ0) is 22.6. The van der Waals surface area contributed by atoms with Gasteiger partial charge in [-0.05, 0) is 60.4 Å². The van der Waals surface area contributed by atoms with Gasteiger partial charge >= 0.3 is 5.97 Å². The lowest BCUT2D eigenvalue weighted by Gasteiger charge is -2.29. The van der Waals surface area contributed by atoms with Crippen molar-refractivity contribution in [2.24, 2.45) is 5.92 Å². The summed E-state index contributed by atoms with van der Waals surface area (Å²) in [5.41, 5.74) is 2.84. The summed E-state index contributed by atoms with van der Waals surface area (Å²) in [5.74, 6) is -1.45. The molecule has 3 rings (SSSR count). The molecule has 0 heterocycles. The average Bonchev–Trinajstić information content (AvgIpc) is 2.72. The number of anilines is 1. The van der Waals surface area contributed by atoms with E-state index >= 15 is 0 Å². The molecule has 1 aliphatic rings. The number of carbonyl (C=O) groups is 2. The second kappa shape index (κ2) is 9.34. The molecule has 0 aromatic heterocycles. The predicted molar refractivity (Wildman–Crippen MR) is 118 cm³/mol. The fraction of sp³-hybridized carbons (Fsp3) is 0.304. The highest BCUT2D eigenvalue weighted by molar-refractivity contribution is 7.92. The quantitative estimate of drug-likeness (QED) is 0.520. The summed E-state index contributed by atoms with van der Waals surface area (Å²) in [6.45, 7) is 1.91. The van der Waals surface area contributed by atoms with Gasteiger partial charge in [0.05, 0.1) is 20.0 Å². The van der Waals surface area contributed by atoms with E-state index in [2.05, 4.69) is 4.72 Å². The van der Waals surface area contributed by atoms with Gasteiger partial charge in [0.1, 0.15) is 11.7 Å². The van der Waals surface area contributed by atoms with E-state index in [1.54, 1.807) is 50.4 Å². The molecule has 0 bridgehead atoms. The lowest BCUT2D eigenvalue weighted by atomic mass is 9.73. The molecule has 0 amide bonds. The van der Waals surface area contributed by atoms with Gasteiger partial charge in [-0.1, -0.05) is 24.3 Å². The van der Waals surface area contributed by atoms with Crippen LogP contribution in [0.15, 0.2) is 54.6 Å². The second-order valence-electron chi connectivity index (χ2n) is 7.34. The minimum absolute atomic E-state index is 0.198. The van der Waals surface area contributed by atoms with Crippen molar-refractivity contribution >= 4 is 33.0 Å². The van der Waals surface area contributed by atoms with Gasteiger partial charge in [0.2, 0.25) is 10.0 Å². The maximum absolute atomic E-state index is 13.0. The van der Waals surface area contributed by atoms with Gasteiger partial charge in [-0.15, -0.1) is 0 Å². The predicted octanol–water partition coefficient (Wildman–Crippen LogP) is 3.39. The Bertz CT molecular complexity index is 1090. The summed E-state index contributed by atoms with van der Waals surface area (Å²) in [6, 6.07) is 14.1. The number of sulfonamides is 1. The molecule has 164 valence electrons. The number of carbonyl (C=O) groups excluding carboxylic acids is 2. The molecule has 0 aliphatic heterocycles. The van der Waals surface area contributed by atoms with Crippen LogP contribution in [0.3, 0.4) is 0 Å². The normalized spacial score (nSPS) is 18.8. The van der Waals surface area contributed by atoms with Gasteiger partial charge in [0.15, 0.2) is 5.78 Å². The maximum atomic E-state index is 13.0. The van der Waals surface area contributed by atoms with Gasteiger partial charge < -0.3 is 9.47 Å². The molecule has 0 unspecified atom stereocenters. The average molecular weight is 444 g/mol. The summed E-state index contributed by atoms with van der Waals surface area (Å²) in [7, 11) is -1.80. The molecule has 0 spiro atoms. The molecule has 31 heavy (non-hydrogen) atoms. The molecule has 2 atom stereocenters. The Morgan fingerprint density at radius 1 is 1.10 bits per heavy atom. The van der Waals surface area contributed by atoms with E-state index in [1.807, 2.05) is 12.1 Å². The Labute approximate surface area is 182 Å². The van der Waals surface area contributed by atoms with Crippen molar-refractivity contribution in [1.29, 1.82) is 0 Å². The summed E-state index contributed by atoms with van der Waals surface area (Å²) in [6.07, 6.45) is 3.03. The minimum Gasteiger partial charge on any atom is -0.497 e. The third kappa shape index (κ3) is 5.52. The van der Waals surface area contributed by atoms with Gasteiger partial charge in [-0.3, -0.25) is 14.3 Å². The standard InChI is InChI=1S/C23H25NO6S/c1-4-30-23(26)22-20(16-7-11-19(29-2)12-8-16)13-17(14-21(22)25)15-5-9-18(10-6-15)24-31(3,27)28/h5-12,14,20,22,24H,4,13H2,1-3H3/t20-,22+/m0/s1. The Morgan fingerprint density at radius 3 is 2.29 bits per heavy atom. The first-order valence-electron chi connectivity index (χ1n) is 9.85. The van der Waals surface area contributed by atoms with E-state index in [9.17, 15) is 18.0 Å². The molecule has 0 saturated carbocycles. The first-order valence-corrected chi connectivity index (χ1v) is 11.7. The van der Waals surface area contributed by atoms with Crippen molar-refractivity contribution in [1.82, 2.24) is 0 Å². The number of methoxy groups -OCH3 is 1. The SMILES string of the molecule is CCOC(=O)[C@H]1C(=O)C=C(c2ccc(NS(C)(=O)=O)cc2)C[C@H]1c1ccc(OC)cc1. The lowest BCUT2D eigenvalue weighted by molar-refractivity contribution is -0.151. The first-order chi connectivity index (χ1) is 14.7. The van der Waals surface area contributed by atoms with Crippen molar-refractivity contribution in [3.8, 4) is 5.75 Å². The van der Waals surface area contributed by atoms with Crippen molar-refractivity contribution in [3.05, 3.63) is 65.7 Å². The van der Waals surface area contributed by atoms with E-state index < -0.39 is 21.9 Å². The number of ether oxygens (including phenoxy) is 2. The van der Waals surface area contributed by atoms with Crippen LogP contribution in [0.25, 0.3) is 5.57 Å². The van der Waals surface area contributed by atoms with Crippen LogP contribution in [0.4, 0.5) is 5.69 Å². The van der Waals surface area contributed by atoms with Crippen molar-refractivity contribution < 1.29 is 27.5 Å². The molecule has 0 fully saturated rings. The molecule has 2 aromatic carbocycles. The molecule has 0 saturated heterocycles. The van der Waals surface area contributed by atoms with Crippen LogP contribution in [0.2, 0.25) is 0 Å². The molecule has 2 aromatic rings. The first kappa shape index (κ1) is 22.6. The third-order valence-corrected chi connectivity index (χ3v) is 5.72. The molecule has 1 aliphatic carbocycles. The smallest absolute Gasteiger partial charge is 0.317 e. The number of allylic oxidation sites excluding steroid dienone is 2. The Kier molecular flexibility index (Phi) is 6.80. The molecular weight excluding hydrogens is 418 g/mol. The number of ketones is 1. The van der Waals surface area contributed by atoms with Crippen LogP contribution in [0, 0.1) is 5.92 Å². The summed E-state index contributed by atoms with van der Waals surface area (Å²) >= 11 is 0. The monoisotopic (exact) mass is 443 g/mol. The highest BCUT2D eigenvalue weighted by Crippen LogP contribution is 2.40. The number of esters is 1. The van der Waals surface area contributed by atoms with Gasteiger partial charge in [-0.25, -0.2) is 8.42 Å². The van der Waals surface area contributed by atoms with Crippen LogP contribution in [0.5, 0.6) is 5.75 Å². The minimum atomic E-state index is -3.38. The Balaban J connectivity index is 1.95. The van der Waals surface area contributed by atoms with Crippen molar-refractivity contribution in [3.63, 3.8) is 0 Å². The lowest BCUT2D eigenvalue weighted by Crippen LogP contribution is -2.34. The summed E-state index contributed by atoms with van der Waals surface area (Å²) in [4.78, 5) is 25.5. The van der Waals surface area contributed by atoms with Crippen LogP contribution >= 0.6 is 0 Å². The molecular formula is C23H25NO6S. The third-order valence-electron chi connectivity index (χ3n) is 5.11. The van der Waals surface area contributed by atoms with Gasteiger partial charge in [-0.2, -0.15) is 0 Å². The Hall–Kier alpha value is -3.13. The zero-order valence-electron chi connectivity index (χ0n) is 17.6. The van der Waals surface area contributed by atoms with Crippen LogP contribution in [-0.2, 0) is 24.3 Å². The van der Waals surface area contributed by atoms with Crippen LogP contribution in [-0.4, -0.2) is 40.1 Å². The second-order valence-corrected chi connectivity index (χ2v) is 9.09. The molecule has 8 heteroatoms. The summed E-state index contributed by atoms with van der Waals surface area (Å²) in [5, 5.41) is 0. The van der Waals surface area contributed by atoms with Crippen LogP contribution < -0.4 is 9.46 Å². The molecule has 1 N–H and O–H groups in total. The van der Waals surface area contributed by atoms with E-state index in [0.29, 0.717) is 17.9 Å². The number of benzene rings is 2. The van der Waals surface area contributed by atoms with Crippen LogP contribution in [0.1, 0.15) is 30.4 Å². The Morgan fingerprint density at radius 2 is 1.74 bits per heavy atom. The van der Waals surface area contributed by atoms with E-state index in [4.69, 9.17) is 9.47 Å². The fourth-order valence-electron chi connectivity index (χ4n) is 3.71. The highest BCUT2D eigenvalue weighted by Gasteiger charge is 2.39.